The third-order valence-electron chi connectivity index (χ3n) is 2.41. The van der Waals surface area contributed by atoms with Crippen LogP contribution < -0.4 is 5.32 Å². The van der Waals surface area contributed by atoms with Gasteiger partial charge in [-0.25, -0.2) is 14.8 Å². The number of hydrogen-bond donors (Lipinski definition) is 1. The number of carbonyl (C=O) groups is 1. The predicted molar refractivity (Wildman–Crippen MR) is 74.9 cm³/mol. The standard InChI is InChI=1S/C14H23N3O2/c1-9(2)11(12(18)19-14(4,5)6)17-13-15-8-7-10(3)16-13/h7-9,11H,1-6H3,(H,15,16,17)/t11-/m1/s1. The molecule has 0 bridgehead atoms. The van der Waals surface area contributed by atoms with Crippen molar-refractivity contribution in [1.82, 2.24) is 9.97 Å². The molecule has 1 rings (SSSR count). The molecule has 1 heterocycles. The summed E-state index contributed by atoms with van der Waals surface area (Å²) in [5.74, 6) is 0.246. The zero-order chi connectivity index (χ0) is 14.6. The molecule has 19 heavy (non-hydrogen) atoms. The highest BCUT2D eigenvalue weighted by molar-refractivity contribution is 5.79. The van der Waals surface area contributed by atoms with E-state index >= 15 is 0 Å². The number of ether oxygens (including phenoxy) is 1. The molecule has 0 radical (unpaired) electrons. The van der Waals surface area contributed by atoms with Crippen LogP contribution in [0.3, 0.4) is 0 Å². The molecule has 1 atom stereocenters. The summed E-state index contributed by atoms with van der Waals surface area (Å²) in [5, 5.41) is 3.04. The first kappa shape index (κ1) is 15.4. The van der Waals surface area contributed by atoms with Crippen LogP contribution in [0.5, 0.6) is 0 Å². The third-order valence-corrected chi connectivity index (χ3v) is 2.41. The SMILES string of the molecule is Cc1ccnc(N[C@@H](C(=O)OC(C)(C)C)C(C)C)n1. The van der Waals surface area contributed by atoms with E-state index in [1.54, 1.807) is 6.20 Å². The van der Waals surface area contributed by atoms with Gasteiger partial charge in [0, 0.05) is 11.9 Å². The first-order chi connectivity index (χ1) is 8.69. The Morgan fingerprint density at radius 1 is 1.37 bits per heavy atom. The Labute approximate surface area is 114 Å². The summed E-state index contributed by atoms with van der Waals surface area (Å²) in [6.07, 6.45) is 1.66. The van der Waals surface area contributed by atoms with Crippen molar-refractivity contribution in [2.45, 2.75) is 53.2 Å². The predicted octanol–water partition coefficient (Wildman–Crippen LogP) is 2.56. The number of nitrogens with zero attached hydrogens (tertiary/aromatic N) is 2. The van der Waals surface area contributed by atoms with Gasteiger partial charge in [0.1, 0.15) is 11.6 Å². The molecule has 1 aromatic rings. The van der Waals surface area contributed by atoms with E-state index in [0.29, 0.717) is 5.95 Å². The van der Waals surface area contributed by atoms with E-state index in [9.17, 15) is 4.79 Å². The van der Waals surface area contributed by atoms with Gasteiger partial charge >= 0.3 is 5.97 Å². The summed E-state index contributed by atoms with van der Waals surface area (Å²) in [7, 11) is 0. The van der Waals surface area contributed by atoms with Gasteiger partial charge in [-0.15, -0.1) is 0 Å². The smallest absolute Gasteiger partial charge is 0.329 e. The Bertz CT molecular complexity index is 439. The van der Waals surface area contributed by atoms with Gasteiger partial charge in [-0.3, -0.25) is 0 Å². The van der Waals surface area contributed by atoms with E-state index in [0.717, 1.165) is 5.69 Å². The Kier molecular flexibility index (Phi) is 4.86. The molecule has 0 aromatic carbocycles. The van der Waals surface area contributed by atoms with Gasteiger partial charge in [0.25, 0.3) is 0 Å². The van der Waals surface area contributed by atoms with Crippen LogP contribution in [0.15, 0.2) is 12.3 Å². The van der Waals surface area contributed by atoms with E-state index in [1.165, 1.54) is 0 Å². The molecule has 0 fully saturated rings. The van der Waals surface area contributed by atoms with Crippen molar-refractivity contribution in [3.8, 4) is 0 Å². The van der Waals surface area contributed by atoms with Gasteiger partial charge in [0.2, 0.25) is 5.95 Å². The number of nitrogens with one attached hydrogen (secondary N) is 1. The van der Waals surface area contributed by atoms with Gasteiger partial charge in [0.05, 0.1) is 0 Å². The molecule has 0 unspecified atom stereocenters. The molecule has 0 amide bonds. The van der Waals surface area contributed by atoms with E-state index in [-0.39, 0.29) is 11.9 Å². The van der Waals surface area contributed by atoms with Crippen molar-refractivity contribution < 1.29 is 9.53 Å². The van der Waals surface area contributed by atoms with Gasteiger partial charge in [-0.05, 0) is 39.7 Å². The van der Waals surface area contributed by atoms with Crippen LogP contribution >= 0.6 is 0 Å². The lowest BCUT2D eigenvalue weighted by Gasteiger charge is -2.26. The molecule has 106 valence electrons. The molecule has 0 spiro atoms. The fraction of sp³-hybridized carbons (Fsp3) is 0.643. The second kappa shape index (κ2) is 5.99. The maximum Gasteiger partial charge on any atom is 0.329 e. The van der Waals surface area contributed by atoms with Crippen molar-refractivity contribution in [3.63, 3.8) is 0 Å². The molecule has 1 aromatic heterocycles. The van der Waals surface area contributed by atoms with E-state index in [1.807, 2.05) is 47.6 Å². The quantitative estimate of drug-likeness (QED) is 0.848. The first-order valence-corrected chi connectivity index (χ1v) is 6.48. The number of anilines is 1. The van der Waals surface area contributed by atoms with Gasteiger partial charge in [-0.2, -0.15) is 0 Å². The van der Waals surface area contributed by atoms with Crippen LogP contribution in [0.25, 0.3) is 0 Å². The van der Waals surface area contributed by atoms with Crippen molar-refractivity contribution in [2.75, 3.05) is 5.32 Å². The maximum atomic E-state index is 12.1. The minimum absolute atomic E-state index is 0.0824. The summed E-state index contributed by atoms with van der Waals surface area (Å²) in [6, 6.07) is 1.35. The maximum absolute atomic E-state index is 12.1. The summed E-state index contributed by atoms with van der Waals surface area (Å²) >= 11 is 0. The largest absolute Gasteiger partial charge is 0.458 e. The molecule has 0 aliphatic heterocycles. The van der Waals surface area contributed by atoms with E-state index < -0.39 is 11.6 Å². The summed E-state index contributed by atoms with van der Waals surface area (Å²) in [4.78, 5) is 20.5. The zero-order valence-corrected chi connectivity index (χ0v) is 12.5. The zero-order valence-electron chi connectivity index (χ0n) is 12.5. The molecule has 5 nitrogen and oxygen atoms in total. The molecular formula is C14H23N3O2. The highest BCUT2D eigenvalue weighted by Gasteiger charge is 2.28. The number of hydrogen-bond acceptors (Lipinski definition) is 5. The Morgan fingerprint density at radius 3 is 2.47 bits per heavy atom. The fourth-order valence-electron chi connectivity index (χ4n) is 1.52. The Morgan fingerprint density at radius 2 is 2.00 bits per heavy atom. The lowest BCUT2D eigenvalue weighted by atomic mass is 10.0. The lowest BCUT2D eigenvalue weighted by molar-refractivity contribution is -0.156. The number of carbonyl (C=O) groups excluding carboxylic acids is 1. The van der Waals surface area contributed by atoms with Crippen LogP contribution in [0.4, 0.5) is 5.95 Å². The monoisotopic (exact) mass is 265 g/mol. The van der Waals surface area contributed by atoms with Crippen molar-refractivity contribution in [3.05, 3.63) is 18.0 Å². The minimum Gasteiger partial charge on any atom is -0.458 e. The summed E-state index contributed by atoms with van der Waals surface area (Å²) in [5.41, 5.74) is 0.350. The average Bonchev–Trinajstić information content (AvgIpc) is 2.23. The first-order valence-electron chi connectivity index (χ1n) is 6.48. The molecule has 1 N–H and O–H groups in total. The van der Waals surface area contributed by atoms with Crippen LogP contribution in [-0.2, 0) is 9.53 Å². The molecular weight excluding hydrogens is 242 g/mol. The van der Waals surface area contributed by atoms with Crippen LogP contribution in [0.2, 0.25) is 0 Å². The van der Waals surface area contributed by atoms with Crippen LogP contribution in [0.1, 0.15) is 40.3 Å². The topological polar surface area (TPSA) is 64.1 Å². The number of rotatable bonds is 4. The number of aromatic nitrogens is 2. The van der Waals surface area contributed by atoms with Gasteiger partial charge in [-0.1, -0.05) is 13.8 Å². The average molecular weight is 265 g/mol. The van der Waals surface area contributed by atoms with E-state index in [4.69, 9.17) is 4.74 Å². The number of esters is 1. The third kappa shape index (κ3) is 5.24. The number of aryl methyl sites for hydroxylation is 1. The molecule has 0 saturated heterocycles. The second-order valence-corrected chi connectivity index (χ2v) is 5.92. The Balaban J connectivity index is 2.81. The van der Waals surface area contributed by atoms with Crippen molar-refractivity contribution in [2.24, 2.45) is 5.92 Å². The normalized spacial score (nSPS) is 13.2. The highest BCUT2D eigenvalue weighted by Crippen LogP contribution is 2.15. The highest BCUT2D eigenvalue weighted by atomic mass is 16.6. The minimum atomic E-state index is -0.501. The fourth-order valence-corrected chi connectivity index (χ4v) is 1.52. The lowest BCUT2D eigenvalue weighted by Crippen LogP contribution is -2.40. The van der Waals surface area contributed by atoms with Gasteiger partial charge < -0.3 is 10.1 Å². The van der Waals surface area contributed by atoms with Crippen molar-refractivity contribution in [1.29, 1.82) is 0 Å². The molecule has 0 saturated carbocycles. The van der Waals surface area contributed by atoms with Gasteiger partial charge in [0.15, 0.2) is 0 Å². The second-order valence-electron chi connectivity index (χ2n) is 5.92. The molecule has 0 aliphatic carbocycles. The molecule has 5 heteroatoms. The summed E-state index contributed by atoms with van der Waals surface area (Å²) in [6.45, 7) is 11.3. The van der Waals surface area contributed by atoms with E-state index in [2.05, 4.69) is 15.3 Å². The van der Waals surface area contributed by atoms with Crippen molar-refractivity contribution >= 4 is 11.9 Å². The summed E-state index contributed by atoms with van der Waals surface area (Å²) < 4.78 is 5.41. The van der Waals surface area contributed by atoms with Crippen LogP contribution in [0, 0.1) is 12.8 Å². The molecule has 0 aliphatic rings. The van der Waals surface area contributed by atoms with Crippen LogP contribution in [-0.4, -0.2) is 27.6 Å². The Hall–Kier alpha value is -1.65.